The summed E-state index contributed by atoms with van der Waals surface area (Å²) in [7, 11) is -9.91. The van der Waals surface area contributed by atoms with Crippen LogP contribution >= 0.6 is 15.6 Å². The number of unbranched alkanes of at least 4 members (excludes halogenated alkanes) is 36. The Labute approximate surface area is 562 Å². The molecule has 0 saturated heterocycles. The van der Waals surface area contributed by atoms with Crippen molar-refractivity contribution in [3.63, 3.8) is 0 Å². The summed E-state index contributed by atoms with van der Waals surface area (Å²) < 4.78 is 68.4. The number of hydrogen-bond donors (Lipinski definition) is 3. The average Bonchev–Trinajstić information content (AvgIpc) is 3.62. The van der Waals surface area contributed by atoms with Crippen LogP contribution in [0.2, 0.25) is 0 Å². The molecular formula is C73H142O17P2. The van der Waals surface area contributed by atoms with E-state index in [1.807, 2.05) is 0 Å². The average molecular weight is 1350 g/mol. The van der Waals surface area contributed by atoms with Gasteiger partial charge in [-0.1, -0.05) is 312 Å². The lowest BCUT2D eigenvalue weighted by atomic mass is 10.0. The van der Waals surface area contributed by atoms with Gasteiger partial charge >= 0.3 is 39.5 Å². The summed E-state index contributed by atoms with van der Waals surface area (Å²) in [5.74, 6) is 0.855. The number of phosphoric acid groups is 2. The fourth-order valence-corrected chi connectivity index (χ4v) is 12.6. The van der Waals surface area contributed by atoms with Gasteiger partial charge in [-0.3, -0.25) is 37.3 Å². The first-order valence-electron chi connectivity index (χ1n) is 37.7. The Morgan fingerprint density at radius 2 is 0.457 bits per heavy atom. The lowest BCUT2D eigenvalue weighted by Crippen LogP contribution is -2.30. The molecule has 0 heterocycles. The first-order valence-corrected chi connectivity index (χ1v) is 40.7. The van der Waals surface area contributed by atoms with Gasteiger partial charge in [0.05, 0.1) is 26.4 Å². The van der Waals surface area contributed by atoms with Crippen molar-refractivity contribution in [3.05, 3.63) is 0 Å². The van der Waals surface area contributed by atoms with Crippen LogP contribution in [0.1, 0.15) is 364 Å². The van der Waals surface area contributed by atoms with Gasteiger partial charge in [-0.05, 0) is 49.4 Å². The zero-order chi connectivity index (χ0) is 68.2. The van der Waals surface area contributed by atoms with Gasteiger partial charge in [-0.25, -0.2) is 9.13 Å². The molecule has 0 aliphatic carbocycles. The van der Waals surface area contributed by atoms with Gasteiger partial charge in [-0.15, -0.1) is 0 Å². The molecule has 0 aromatic rings. The zero-order valence-corrected chi connectivity index (χ0v) is 62.0. The second-order valence-corrected chi connectivity index (χ2v) is 31.1. The van der Waals surface area contributed by atoms with E-state index in [2.05, 4.69) is 55.4 Å². The first kappa shape index (κ1) is 90.1. The maximum absolute atomic E-state index is 13.0. The van der Waals surface area contributed by atoms with E-state index < -0.39 is 97.5 Å². The van der Waals surface area contributed by atoms with Crippen molar-refractivity contribution < 1.29 is 80.2 Å². The van der Waals surface area contributed by atoms with Gasteiger partial charge in [0.25, 0.3) is 0 Å². The van der Waals surface area contributed by atoms with Crippen LogP contribution in [0.3, 0.4) is 0 Å². The Morgan fingerprint density at radius 3 is 0.674 bits per heavy atom. The normalized spacial score (nSPS) is 14.2. The van der Waals surface area contributed by atoms with Gasteiger partial charge in [0.2, 0.25) is 0 Å². The minimum atomic E-state index is -4.95. The highest BCUT2D eigenvalue weighted by molar-refractivity contribution is 7.47. The summed E-state index contributed by atoms with van der Waals surface area (Å²) >= 11 is 0. The van der Waals surface area contributed by atoms with Crippen molar-refractivity contribution in [1.82, 2.24) is 0 Å². The summed E-state index contributed by atoms with van der Waals surface area (Å²) in [5.41, 5.74) is 0. The van der Waals surface area contributed by atoms with Crippen LogP contribution in [0.4, 0.5) is 0 Å². The molecule has 19 heteroatoms. The highest BCUT2D eigenvalue weighted by atomic mass is 31.2. The molecule has 5 atom stereocenters. The summed E-state index contributed by atoms with van der Waals surface area (Å²) in [6.07, 6.45) is 46.0. The first-order chi connectivity index (χ1) is 44.1. The molecule has 92 heavy (non-hydrogen) atoms. The van der Waals surface area contributed by atoms with E-state index >= 15 is 0 Å². The van der Waals surface area contributed by atoms with Gasteiger partial charge in [-0.2, -0.15) is 0 Å². The van der Waals surface area contributed by atoms with Crippen molar-refractivity contribution in [2.75, 3.05) is 39.6 Å². The molecule has 0 aliphatic heterocycles. The zero-order valence-electron chi connectivity index (χ0n) is 60.2. The topological polar surface area (TPSA) is 237 Å². The van der Waals surface area contributed by atoms with Crippen molar-refractivity contribution in [3.8, 4) is 0 Å². The Morgan fingerprint density at radius 1 is 0.272 bits per heavy atom. The molecule has 0 radical (unpaired) electrons. The number of rotatable bonds is 70. The second kappa shape index (κ2) is 62.6. The van der Waals surface area contributed by atoms with Gasteiger partial charge < -0.3 is 33.8 Å². The fraction of sp³-hybridized carbons (Fsp3) is 0.945. The number of aliphatic hydroxyl groups excluding tert-OH is 1. The van der Waals surface area contributed by atoms with E-state index in [1.54, 1.807) is 0 Å². The minimum Gasteiger partial charge on any atom is -0.462 e. The van der Waals surface area contributed by atoms with Crippen LogP contribution in [-0.2, 0) is 65.4 Å². The van der Waals surface area contributed by atoms with Gasteiger partial charge in [0.15, 0.2) is 12.2 Å². The van der Waals surface area contributed by atoms with E-state index in [0.717, 1.165) is 115 Å². The lowest BCUT2D eigenvalue weighted by Gasteiger charge is -2.21. The van der Waals surface area contributed by atoms with Crippen molar-refractivity contribution in [1.29, 1.82) is 0 Å². The van der Waals surface area contributed by atoms with Crippen LogP contribution in [0, 0.1) is 23.7 Å². The van der Waals surface area contributed by atoms with Gasteiger partial charge in [0, 0.05) is 25.7 Å². The van der Waals surface area contributed by atoms with E-state index in [4.69, 9.17) is 37.0 Å². The van der Waals surface area contributed by atoms with Crippen molar-refractivity contribution in [2.45, 2.75) is 382 Å². The molecule has 0 aromatic carbocycles. The molecule has 3 N–H and O–H groups in total. The number of phosphoric ester groups is 2. The summed E-state index contributed by atoms with van der Waals surface area (Å²) in [6, 6.07) is 0. The SMILES string of the molecule is CC(C)CCCCCCCCCCCCCCCCC(=O)O[C@H](COC(=O)CCCCCCCCCC(C)C)COP(=O)(O)OCC(O)COP(=O)(O)OC[C@@H](COC(=O)CCCCCCCCCC(C)C)OC(=O)CCCCCCCCCCCCCCC(C)C. The van der Waals surface area contributed by atoms with Crippen LogP contribution in [0.5, 0.6) is 0 Å². The summed E-state index contributed by atoms with van der Waals surface area (Å²) in [6.45, 7) is 14.1. The fourth-order valence-electron chi connectivity index (χ4n) is 11.0. The number of aliphatic hydroxyl groups is 1. The Kier molecular flexibility index (Phi) is 61.3. The molecule has 0 bridgehead atoms. The summed E-state index contributed by atoms with van der Waals surface area (Å²) in [5, 5.41) is 10.6. The van der Waals surface area contributed by atoms with E-state index in [0.29, 0.717) is 37.5 Å². The standard InChI is InChI=1S/C73H142O17P2/c1-63(2)49-41-33-25-19-15-11-9-10-12-17-21-29-39-47-55-72(77)89-68(59-83-70(75)53-45-37-31-23-27-35-43-51-65(5)6)61-87-91(79,80)85-57-67(74)58-86-92(81,82)88-62-69(60-84-71(76)54-46-38-32-24-28-36-44-52-66(7)8)90-73(78)56-48-40-30-22-18-14-13-16-20-26-34-42-50-64(3)4/h63-69,74H,9-62H2,1-8H3,(H,79,80)(H,81,82)/t67?,68-,69-/m1/s1. The molecule has 0 amide bonds. The predicted octanol–water partition coefficient (Wildman–Crippen LogP) is 20.9. The lowest BCUT2D eigenvalue weighted by molar-refractivity contribution is -0.161. The second-order valence-electron chi connectivity index (χ2n) is 28.2. The van der Waals surface area contributed by atoms with Crippen molar-refractivity contribution >= 4 is 39.5 Å². The summed E-state index contributed by atoms with van der Waals surface area (Å²) in [4.78, 5) is 72.6. The molecule has 546 valence electrons. The van der Waals surface area contributed by atoms with Crippen LogP contribution in [0.25, 0.3) is 0 Å². The van der Waals surface area contributed by atoms with Crippen molar-refractivity contribution in [2.24, 2.45) is 23.7 Å². The van der Waals surface area contributed by atoms with Crippen LogP contribution in [-0.4, -0.2) is 96.7 Å². The maximum atomic E-state index is 13.0. The van der Waals surface area contributed by atoms with Gasteiger partial charge in [0.1, 0.15) is 19.3 Å². The number of carbonyl (C=O) groups excluding carboxylic acids is 4. The van der Waals surface area contributed by atoms with E-state index in [9.17, 15) is 43.2 Å². The quantitative estimate of drug-likeness (QED) is 0.0222. The molecule has 0 saturated carbocycles. The van der Waals surface area contributed by atoms with E-state index in [-0.39, 0.29) is 25.7 Å². The van der Waals surface area contributed by atoms with Crippen LogP contribution < -0.4 is 0 Å². The molecule has 0 fully saturated rings. The highest BCUT2D eigenvalue weighted by Gasteiger charge is 2.30. The molecule has 0 aliphatic rings. The Balaban J connectivity index is 5.23. The Bertz CT molecular complexity index is 1820. The number of carbonyl (C=O) groups is 4. The predicted molar refractivity (Wildman–Crippen MR) is 372 cm³/mol. The Hall–Kier alpha value is -1.94. The van der Waals surface area contributed by atoms with E-state index in [1.165, 1.54) is 154 Å². The number of ether oxygens (including phenoxy) is 4. The maximum Gasteiger partial charge on any atom is 0.472 e. The molecule has 0 spiro atoms. The smallest absolute Gasteiger partial charge is 0.462 e. The largest absolute Gasteiger partial charge is 0.472 e. The molecule has 0 aromatic heterocycles. The molecule has 3 unspecified atom stereocenters. The molecule has 17 nitrogen and oxygen atoms in total. The minimum absolute atomic E-state index is 0.105. The third-order valence-electron chi connectivity index (χ3n) is 16.8. The monoisotopic (exact) mass is 1350 g/mol. The third-order valence-corrected chi connectivity index (χ3v) is 18.7. The highest BCUT2D eigenvalue weighted by Crippen LogP contribution is 2.45. The molecule has 0 rings (SSSR count). The number of esters is 4. The third kappa shape index (κ3) is 66.7. The molecular weight excluding hydrogens is 1210 g/mol. The number of hydrogen-bond acceptors (Lipinski definition) is 15. The van der Waals surface area contributed by atoms with Crippen LogP contribution in [0.15, 0.2) is 0 Å².